The van der Waals surface area contributed by atoms with Crippen molar-refractivity contribution in [1.29, 1.82) is 0 Å². The number of hydrogen-bond acceptors (Lipinski definition) is 4. The van der Waals surface area contributed by atoms with E-state index in [0.717, 1.165) is 18.4 Å². The van der Waals surface area contributed by atoms with Crippen LogP contribution in [0, 0.1) is 11.8 Å². The number of nitrogens with two attached hydrogens (primary N) is 1. The van der Waals surface area contributed by atoms with E-state index in [1.165, 1.54) is 24.2 Å². The first kappa shape index (κ1) is 15.0. The summed E-state index contributed by atoms with van der Waals surface area (Å²) in [6.45, 7) is 3.18. The molecule has 2 unspecified atom stereocenters. The van der Waals surface area contributed by atoms with Gasteiger partial charge in [0.15, 0.2) is 0 Å². The van der Waals surface area contributed by atoms with Crippen LogP contribution in [0.2, 0.25) is 0 Å². The monoisotopic (exact) mass is 302 g/mol. The Hall–Kier alpha value is -0.430. The van der Waals surface area contributed by atoms with Gasteiger partial charge in [-0.3, -0.25) is 0 Å². The molecule has 1 saturated carbocycles. The first-order chi connectivity index (χ1) is 9.01. The van der Waals surface area contributed by atoms with Crippen molar-refractivity contribution in [2.24, 2.45) is 17.6 Å². The molecule has 0 bridgehead atoms. The third kappa shape index (κ3) is 4.02. The van der Waals surface area contributed by atoms with Crippen molar-refractivity contribution in [3.05, 3.63) is 17.0 Å². The van der Waals surface area contributed by atoms with Gasteiger partial charge in [-0.1, -0.05) is 19.8 Å². The molecule has 2 atom stereocenters. The summed E-state index contributed by atoms with van der Waals surface area (Å²) in [7, 11) is -3.35. The molecule has 1 aliphatic rings. The molecule has 3 N–H and O–H groups in total. The van der Waals surface area contributed by atoms with Gasteiger partial charge >= 0.3 is 0 Å². The molecular formula is C13H22N2O2S2. The lowest BCUT2D eigenvalue weighted by Gasteiger charge is -2.26. The topological polar surface area (TPSA) is 72.2 Å². The van der Waals surface area contributed by atoms with E-state index in [9.17, 15) is 8.42 Å². The third-order valence-electron chi connectivity index (χ3n) is 3.74. The maximum Gasteiger partial charge on any atom is 0.250 e. The van der Waals surface area contributed by atoms with E-state index < -0.39 is 10.0 Å². The van der Waals surface area contributed by atoms with Crippen molar-refractivity contribution in [2.75, 3.05) is 6.54 Å². The van der Waals surface area contributed by atoms with Crippen LogP contribution in [0.3, 0.4) is 0 Å². The van der Waals surface area contributed by atoms with Gasteiger partial charge in [0.25, 0.3) is 0 Å². The maximum absolute atomic E-state index is 12.1. The lowest BCUT2D eigenvalue weighted by atomic mass is 9.83. The third-order valence-corrected chi connectivity index (χ3v) is 6.65. The SMILES string of the molecule is CC1CCCC(CNS(=O)(=O)c2cc(CN)cs2)C1. The van der Waals surface area contributed by atoms with Crippen LogP contribution in [0.1, 0.15) is 38.2 Å². The Bertz CT molecular complexity index is 510. The highest BCUT2D eigenvalue weighted by molar-refractivity contribution is 7.91. The van der Waals surface area contributed by atoms with Crippen molar-refractivity contribution in [3.63, 3.8) is 0 Å². The second kappa shape index (κ2) is 6.35. The van der Waals surface area contributed by atoms with Crippen LogP contribution in [-0.4, -0.2) is 15.0 Å². The molecule has 0 aromatic carbocycles. The van der Waals surface area contributed by atoms with Crippen molar-refractivity contribution in [2.45, 2.75) is 43.4 Å². The number of sulfonamides is 1. The molecule has 1 aromatic rings. The standard InChI is InChI=1S/C13H22N2O2S2/c1-10-3-2-4-11(5-10)8-15-19(16,17)13-6-12(7-14)9-18-13/h6,9-11,15H,2-5,7-8,14H2,1H3. The Labute approximate surface area is 119 Å². The van der Waals surface area contributed by atoms with Gasteiger partial charge in [-0.15, -0.1) is 11.3 Å². The summed E-state index contributed by atoms with van der Waals surface area (Å²) in [4.78, 5) is 0. The molecular weight excluding hydrogens is 280 g/mol. The van der Waals surface area contributed by atoms with Gasteiger partial charge in [0.1, 0.15) is 4.21 Å². The molecule has 6 heteroatoms. The molecule has 0 spiro atoms. The minimum atomic E-state index is -3.35. The van der Waals surface area contributed by atoms with Crippen LogP contribution in [-0.2, 0) is 16.6 Å². The molecule has 2 rings (SSSR count). The molecule has 0 aliphatic heterocycles. The van der Waals surface area contributed by atoms with Gasteiger partial charge in [0, 0.05) is 13.1 Å². The summed E-state index contributed by atoms with van der Waals surface area (Å²) in [5, 5.41) is 1.80. The van der Waals surface area contributed by atoms with Crippen LogP contribution in [0.25, 0.3) is 0 Å². The Morgan fingerprint density at radius 2 is 2.26 bits per heavy atom. The molecule has 1 heterocycles. The Morgan fingerprint density at radius 1 is 1.47 bits per heavy atom. The summed E-state index contributed by atoms with van der Waals surface area (Å²) in [5.41, 5.74) is 6.38. The van der Waals surface area contributed by atoms with Gasteiger partial charge in [-0.25, -0.2) is 13.1 Å². The summed E-state index contributed by atoms with van der Waals surface area (Å²) in [6.07, 6.45) is 4.74. The Kier molecular flexibility index (Phi) is 5.00. The van der Waals surface area contributed by atoms with Crippen LogP contribution in [0.15, 0.2) is 15.7 Å². The minimum Gasteiger partial charge on any atom is -0.326 e. The summed E-state index contributed by atoms with van der Waals surface area (Å²) >= 11 is 1.24. The van der Waals surface area contributed by atoms with Crippen LogP contribution >= 0.6 is 11.3 Å². The molecule has 108 valence electrons. The zero-order chi connectivity index (χ0) is 13.9. The van der Waals surface area contributed by atoms with E-state index in [0.29, 0.717) is 29.1 Å². The highest BCUT2D eigenvalue weighted by Crippen LogP contribution is 2.28. The van der Waals surface area contributed by atoms with E-state index >= 15 is 0 Å². The van der Waals surface area contributed by atoms with E-state index in [2.05, 4.69) is 11.6 Å². The zero-order valence-corrected chi connectivity index (χ0v) is 12.9. The van der Waals surface area contributed by atoms with E-state index in [4.69, 9.17) is 5.73 Å². The zero-order valence-electron chi connectivity index (χ0n) is 11.3. The number of thiophene rings is 1. The van der Waals surface area contributed by atoms with Crippen molar-refractivity contribution < 1.29 is 8.42 Å². The van der Waals surface area contributed by atoms with Gasteiger partial charge in [0.2, 0.25) is 10.0 Å². The molecule has 0 amide bonds. The van der Waals surface area contributed by atoms with Crippen molar-refractivity contribution in [1.82, 2.24) is 4.72 Å². The Balaban J connectivity index is 1.93. The van der Waals surface area contributed by atoms with Crippen LogP contribution in [0.4, 0.5) is 0 Å². The second-order valence-corrected chi connectivity index (χ2v) is 8.37. The van der Waals surface area contributed by atoms with E-state index in [-0.39, 0.29) is 0 Å². The molecule has 0 saturated heterocycles. The number of rotatable bonds is 5. The molecule has 4 nitrogen and oxygen atoms in total. The van der Waals surface area contributed by atoms with Crippen LogP contribution < -0.4 is 10.5 Å². The first-order valence-electron chi connectivity index (χ1n) is 6.78. The fourth-order valence-electron chi connectivity index (χ4n) is 2.64. The van der Waals surface area contributed by atoms with Gasteiger partial charge in [0.05, 0.1) is 0 Å². The van der Waals surface area contributed by atoms with Crippen molar-refractivity contribution in [3.8, 4) is 0 Å². The highest BCUT2D eigenvalue weighted by Gasteiger charge is 2.22. The largest absolute Gasteiger partial charge is 0.326 e. The lowest BCUT2D eigenvalue weighted by molar-refractivity contribution is 0.283. The lowest BCUT2D eigenvalue weighted by Crippen LogP contribution is -2.31. The normalized spacial score (nSPS) is 24.5. The highest BCUT2D eigenvalue weighted by atomic mass is 32.2. The average Bonchev–Trinajstić information content (AvgIpc) is 2.86. The average molecular weight is 302 g/mol. The van der Waals surface area contributed by atoms with Gasteiger partial charge in [-0.05, 0) is 41.7 Å². The molecule has 19 heavy (non-hydrogen) atoms. The quantitative estimate of drug-likeness (QED) is 0.876. The predicted molar refractivity (Wildman–Crippen MR) is 78.5 cm³/mol. The van der Waals surface area contributed by atoms with Crippen LogP contribution in [0.5, 0.6) is 0 Å². The van der Waals surface area contributed by atoms with Gasteiger partial charge < -0.3 is 5.73 Å². The fraction of sp³-hybridized carbons (Fsp3) is 0.692. The smallest absolute Gasteiger partial charge is 0.250 e. The number of nitrogens with one attached hydrogen (secondary N) is 1. The predicted octanol–water partition coefficient (Wildman–Crippen LogP) is 2.31. The first-order valence-corrected chi connectivity index (χ1v) is 9.14. The number of hydrogen-bond donors (Lipinski definition) is 2. The summed E-state index contributed by atoms with van der Waals surface area (Å²) in [6, 6.07) is 1.66. The molecule has 1 fully saturated rings. The molecule has 1 aliphatic carbocycles. The Morgan fingerprint density at radius 3 is 2.89 bits per heavy atom. The fourth-order valence-corrected chi connectivity index (χ4v) is 5.03. The maximum atomic E-state index is 12.1. The second-order valence-electron chi connectivity index (χ2n) is 5.47. The summed E-state index contributed by atoms with van der Waals surface area (Å²) in [5.74, 6) is 1.20. The molecule has 1 aromatic heterocycles. The van der Waals surface area contributed by atoms with Crippen molar-refractivity contribution >= 4 is 21.4 Å². The minimum absolute atomic E-state index is 0.372. The van der Waals surface area contributed by atoms with E-state index in [1.54, 1.807) is 11.4 Å². The molecule has 0 radical (unpaired) electrons. The summed E-state index contributed by atoms with van der Waals surface area (Å²) < 4.78 is 27.4. The van der Waals surface area contributed by atoms with E-state index in [1.807, 2.05) is 0 Å². The van der Waals surface area contributed by atoms with Gasteiger partial charge in [-0.2, -0.15) is 0 Å².